The van der Waals surface area contributed by atoms with Crippen molar-refractivity contribution in [1.29, 1.82) is 0 Å². The van der Waals surface area contributed by atoms with E-state index in [0.717, 1.165) is 30.2 Å². The van der Waals surface area contributed by atoms with Gasteiger partial charge in [0.1, 0.15) is 11.3 Å². The predicted octanol–water partition coefficient (Wildman–Crippen LogP) is 4.75. The summed E-state index contributed by atoms with van der Waals surface area (Å²) in [7, 11) is 0. The molecule has 1 N–H and O–H groups in total. The van der Waals surface area contributed by atoms with E-state index in [-0.39, 0.29) is 18.3 Å². The Bertz CT molecular complexity index is 1100. The third-order valence-corrected chi connectivity index (χ3v) is 4.66. The number of anilines is 1. The number of benzene rings is 2. The van der Waals surface area contributed by atoms with Crippen LogP contribution in [0.1, 0.15) is 49.0 Å². The molecule has 0 bridgehead atoms. The van der Waals surface area contributed by atoms with E-state index in [1.54, 1.807) is 36.4 Å². The number of aryl methyl sites for hydroxylation is 1. The molecule has 2 aromatic carbocycles. The van der Waals surface area contributed by atoms with E-state index in [9.17, 15) is 14.4 Å². The molecule has 0 unspecified atom stereocenters. The van der Waals surface area contributed by atoms with Gasteiger partial charge in [-0.2, -0.15) is 0 Å². The Morgan fingerprint density at radius 1 is 1.00 bits per heavy atom. The van der Waals surface area contributed by atoms with Crippen LogP contribution in [0.4, 0.5) is 5.69 Å². The van der Waals surface area contributed by atoms with Crippen molar-refractivity contribution in [2.24, 2.45) is 0 Å². The Morgan fingerprint density at radius 3 is 2.47 bits per heavy atom. The first-order chi connectivity index (χ1) is 14.5. The number of ether oxygens (including phenoxy) is 1. The lowest BCUT2D eigenvalue weighted by molar-refractivity contribution is -0.116. The molecule has 3 aromatic rings. The van der Waals surface area contributed by atoms with Gasteiger partial charge in [-0.3, -0.25) is 9.59 Å². The van der Waals surface area contributed by atoms with Gasteiger partial charge < -0.3 is 14.5 Å². The lowest BCUT2D eigenvalue weighted by atomic mass is 10.1. The number of fused-ring (bicyclic) bond motifs is 1. The van der Waals surface area contributed by atoms with Gasteiger partial charge in [-0.25, -0.2) is 4.79 Å². The van der Waals surface area contributed by atoms with Crippen molar-refractivity contribution in [3.05, 3.63) is 70.1 Å². The zero-order valence-electron chi connectivity index (χ0n) is 17.2. The van der Waals surface area contributed by atoms with Crippen LogP contribution in [0.3, 0.4) is 0 Å². The average Bonchev–Trinajstić information content (AvgIpc) is 2.72. The van der Waals surface area contributed by atoms with Crippen molar-refractivity contribution in [2.75, 3.05) is 11.9 Å². The van der Waals surface area contributed by atoms with Crippen molar-refractivity contribution >= 4 is 28.3 Å². The normalized spacial score (nSPS) is 10.7. The van der Waals surface area contributed by atoms with Gasteiger partial charge in [-0.05, 0) is 54.8 Å². The van der Waals surface area contributed by atoms with E-state index in [2.05, 4.69) is 12.2 Å². The number of carbonyl (C=O) groups is 2. The lowest BCUT2D eigenvalue weighted by Gasteiger charge is -2.09. The summed E-state index contributed by atoms with van der Waals surface area (Å²) in [6, 6.07) is 13.5. The third-order valence-electron chi connectivity index (χ3n) is 4.66. The zero-order chi connectivity index (χ0) is 21.5. The van der Waals surface area contributed by atoms with E-state index in [1.165, 1.54) is 6.07 Å². The summed E-state index contributed by atoms with van der Waals surface area (Å²) in [6.45, 7) is 3.84. The highest BCUT2D eigenvalue weighted by Gasteiger charge is 2.10. The number of Topliss-reactive ketones (excluding diaryl/α,β-unsaturated/α-hetero) is 1. The maximum absolute atomic E-state index is 12.4. The molecule has 1 heterocycles. The highest BCUT2D eigenvalue weighted by atomic mass is 16.5. The number of rotatable bonds is 9. The molecule has 3 rings (SSSR count). The Kier molecular flexibility index (Phi) is 7.01. The maximum atomic E-state index is 12.4. The molecule has 0 fully saturated rings. The first-order valence-electron chi connectivity index (χ1n) is 10.1. The van der Waals surface area contributed by atoms with Crippen molar-refractivity contribution in [3.63, 3.8) is 0 Å². The van der Waals surface area contributed by atoms with Gasteiger partial charge in [0.15, 0.2) is 12.4 Å². The smallest absolute Gasteiger partial charge is 0.336 e. The summed E-state index contributed by atoms with van der Waals surface area (Å²) in [5.74, 6) is 0.212. The second kappa shape index (κ2) is 9.87. The fourth-order valence-corrected chi connectivity index (χ4v) is 3.20. The number of carbonyl (C=O) groups excluding carboxylic acids is 2. The molecule has 1 aromatic heterocycles. The zero-order valence-corrected chi connectivity index (χ0v) is 17.2. The van der Waals surface area contributed by atoms with Crippen LogP contribution in [-0.2, 0) is 11.2 Å². The van der Waals surface area contributed by atoms with Crippen molar-refractivity contribution < 1.29 is 18.7 Å². The van der Waals surface area contributed by atoms with E-state index in [0.29, 0.717) is 29.0 Å². The molecule has 6 heteroatoms. The third kappa shape index (κ3) is 5.35. The van der Waals surface area contributed by atoms with Gasteiger partial charge in [-0.1, -0.05) is 20.3 Å². The second-order valence-corrected chi connectivity index (χ2v) is 7.09. The van der Waals surface area contributed by atoms with Crippen molar-refractivity contribution in [2.45, 2.75) is 39.5 Å². The Hall–Kier alpha value is -3.41. The number of nitrogens with one attached hydrogen (secondary N) is 1. The maximum Gasteiger partial charge on any atom is 0.336 e. The van der Waals surface area contributed by atoms with E-state index >= 15 is 0 Å². The summed E-state index contributed by atoms with van der Waals surface area (Å²) in [5.41, 5.74) is 2.13. The molecule has 0 aliphatic carbocycles. The Labute approximate surface area is 174 Å². The minimum atomic E-state index is -0.398. The molecule has 0 aliphatic rings. The molecular weight excluding hydrogens is 382 g/mol. The summed E-state index contributed by atoms with van der Waals surface area (Å²) >= 11 is 0. The molecular formula is C24H25NO5. The molecule has 0 radical (unpaired) electrons. The van der Waals surface area contributed by atoms with Gasteiger partial charge in [0.2, 0.25) is 5.91 Å². The summed E-state index contributed by atoms with van der Waals surface area (Å²) in [5, 5.41) is 3.66. The van der Waals surface area contributed by atoms with Crippen molar-refractivity contribution in [1.82, 2.24) is 0 Å². The molecule has 0 saturated heterocycles. The predicted molar refractivity (Wildman–Crippen MR) is 116 cm³/mol. The summed E-state index contributed by atoms with van der Waals surface area (Å²) in [6.07, 6.45) is 2.94. The lowest BCUT2D eigenvalue weighted by Crippen LogP contribution is -2.13. The van der Waals surface area contributed by atoms with Crippen LogP contribution in [0.2, 0.25) is 0 Å². The minimum Gasteiger partial charge on any atom is -0.485 e. The van der Waals surface area contributed by atoms with E-state index in [4.69, 9.17) is 9.15 Å². The van der Waals surface area contributed by atoms with Gasteiger partial charge in [0.05, 0.1) is 0 Å². The molecule has 0 aliphatic heterocycles. The number of hydrogen-bond donors (Lipinski definition) is 1. The fourth-order valence-electron chi connectivity index (χ4n) is 3.20. The molecule has 6 nitrogen and oxygen atoms in total. The number of hydrogen-bond acceptors (Lipinski definition) is 5. The van der Waals surface area contributed by atoms with Crippen LogP contribution in [0.5, 0.6) is 5.75 Å². The average molecular weight is 407 g/mol. The van der Waals surface area contributed by atoms with Crippen LogP contribution in [0.15, 0.2) is 57.7 Å². The van der Waals surface area contributed by atoms with Gasteiger partial charge in [0.25, 0.3) is 0 Å². The van der Waals surface area contributed by atoms with E-state index < -0.39 is 5.63 Å². The van der Waals surface area contributed by atoms with Crippen molar-refractivity contribution in [3.8, 4) is 5.75 Å². The first-order valence-corrected chi connectivity index (χ1v) is 10.1. The first kappa shape index (κ1) is 21.3. The number of ketones is 1. The van der Waals surface area contributed by atoms with Crippen LogP contribution in [-0.4, -0.2) is 18.3 Å². The monoisotopic (exact) mass is 407 g/mol. The molecule has 0 spiro atoms. The van der Waals surface area contributed by atoms with Crippen LogP contribution < -0.4 is 15.7 Å². The van der Waals surface area contributed by atoms with E-state index in [1.807, 2.05) is 13.0 Å². The second-order valence-electron chi connectivity index (χ2n) is 7.09. The minimum absolute atomic E-state index is 0.0510. The van der Waals surface area contributed by atoms with Crippen LogP contribution in [0.25, 0.3) is 11.0 Å². The standard InChI is InChI=1S/C24H25NO5/c1-3-5-17-13-24(28)30-22-14-19(11-12-20(17)22)29-15-21(26)16-7-9-18(10-8-16)25-23(27)6-4-2/h7-14H,3-6,15H2,1-2H3,(H,25,27). The van der Waals surface area contributed by atoms with Crippen LogP contribution >= 0.6 is 0 Å². The van der Waals surface area contributed by atoms with Gasteiger partial charge >= 0.3 is 5.63 Å². The largest absolute Gasteiger partial charge is 0.485 e. The highest BCUT2D eigenvalue weighted by Crippen LogP contribution is 2.23. The molecule has 156 valence electrons. The molecule has 0 saturated carbocycles. The number of amides is 1. The Morgan fingerprint density at radius 2 is 1.77 bits per heavy atom. The fraction of sp³-hybridized carbons (Fsp3) is 0.292. The van der Waals surface area contributed by atoms with Gasteiger partial charge in [-0.15, -0.1) is 0 Å². The SMILES string of the molecule is CCCC(=O)Nc1ccc(C(=O)COc2ccc3c(CCC)cc(=O)oc3c2)cc1. The summed E-state index contributed by atoms with van der Waals surface area (Å²) < 4.78 is 10.9. The molecule has 1 amide bonds. The highest BCUT2D eigenvalue weighted by molar-refractivity contribution is 5.98. The molecule has 30 heavy (non-hydrogen) atoms. The van der Waals surface area contributed by atoms with Crippen LogP contribution in [0, 0.1) is 0 Å². The topological polar surface area (TPSA) is 85.6 Å². The van der Waals surface area contributed by atoms with Gasteiger partial charge in [0, 0.05) is 35.2 Å². The molecule has 0 atom stereocenters. The Balaban J connectivity index is 1.66. The quantitative estimate of drug-likeness (QED) is 0.409. The summed E-state index contributed by atoms with van der Waals surface area (Å²) in [4.78, 5) is 35.8.